The van der Waals surface area contributed by atoms with E-state index in [1.54, 1.807) is 13.0 Å². The van der Waals surface area contributed by atoms with Crippen molar-refractivity contribution in [3.63, 3.8) is 0 Å². The van der Waals surface area contributed by atoms with Crippen LogP contribution >= 0.6 is 0 Å². The van der Waals surface area contributed by atoms with Crippen molar-refractivity contribution in [2.24, 2.45) is 0 Å². The second-order valence-corrected chi connectivity index (χ2v) is 1.98. The van der Waals surface area contributed by atoms with Crippen LogP contribution in [-0.4, -0.2) is 18.4 Å². The topological polar surface area (TPSA) is 67.2 Å². The van der Waals surface area contributed by atoms with E-state index in [1.165, 1.54) is 6.92 Å². The zero-order chi connectivity index (χ0) is 9.56. The van der Waals surface area contributed by atoms with Crippen molar-refractivity contribution < 1.29 is 14.3 Å². The number of ether oxygens (including phenoxy) is 1. The molecule has 0 saturated heterocycles. The molecule has 0 unspecified atom stereocenters. The van der Waals surface area contributed by atoms with Gasteiger partial charge in [-0.1, -0.05) is 0 Å². The van der Waals surface area contributed by atoms with Crippen LogP contribution in [0.2, 0.25) is 0 Å². The minimum Gasteiger partial charge on any atom is -0.463 e. The predicted molar refractivity (Wildman–Crippen MR) is 41.0 cm³/mol. The van der Waals surface area contributed by atoms with Crippen LogP contribution in [0.3, 0.4) is 0 Å². The molecule has 0 heterocycles. The Balaban J connectivity index is 4.42. The summed E-state index contributed by atoms with van der Waals surface area (Å²) in [5, 5.41) is 8.37. The number of esters is 1. The Labute approximate surface area is 70.4 Å². The molecule has 0 radical (unpaired) electrons. The molecule has 0 aromatic carbocycles. The summed E-state index contributed by atoms with van der Waals surface area (Å²) in [6, 6.07) is 1.60. The van der Waals surface area contributed by atoms with Crippen LogP contribution in [0.1, 0.15) is 13.8 Å². The first kappa shape index (κ1) is 10.4. The van der Waals surface area contributed by atoms with Crippen molar-refractivity contribution in [3.8, 4) is 6.07 Å². The molecule has 0 aromatic heterocycles. The van der Waals surface area contributed by atoms with Gasteiger partial charge in [0.2, 0.25) is 0 Å². The van der Waals surface area contributed by atoms with Crippen LogP contribution in [0.5, 0.6) is 0 Å². The highest BCUT2D eigenvalue weighted by molar-refractivity contribution is 6.02. The Hall–Kier alpha value is -1.63. The van der Waals surface area contributed by atoms with E-state index in [0.29, 0.717) is 0 Å². The SMILES string of the molecule is CCOC(=O)/C=C(/C#N)C(C)=O. The average Bonchev–Trinajstić information content (AvgIpc) is 2.00. The highest BCUT2D eigenvalue weighted by atomic mass is 16.5. The number of hydrogen-bond donors (Lipinski definition) is 0. The molecule has 64 valence electrons. The normalized spacial score (nSPS) is 10.2. The molecule has 0 aliphatic rings. The van der Waals surface area contributed by atoms with Crippen molar-refractivity contribution in [1.82, 2.24) is 0 Å². The lowest BCUT2D eigenvalue weighted by molar-refractivity contribution is -0.137. The van der Waals surface area contributed by atoms with Gasteiger partial charge in [-0.15, -0.1) is 0 Å². The maximum absolute atomic E-state index is 10.7. The molecule has 4 nitrogen and oxygen atoms in total. The van der Waals surface area contributed by atoms with Crippen LogP contribution in [0, 0.1) is 11.3 Å². The van der Waals surface area contributed by atoms with Crippen molar-refractivity contribution in [2.45, 2.75) is 13.8 Å². The third kappa shape index (κ3) is 3.52. The fourth-order valence-electron chi connectivity index (χ4n) is 0.514. The zero-order valence-electron chi connectivity index (χ0n) is 6.96. The lowest BCUT2D eigenvalue weighted by atomic mass is 10.2. The van der Waals surface area contributed by atoms with Gasteiger partial charge in [0.05, 0.1) is 6.61 Å². The Morgan fingerprint density at radius 2 is 2.17 bits per heavy atom. The summed E-state index contributed by atoms with van der Waals surface area (Å²) in [6.07, 6.45) is 0.895. The second kappa shape index (κ2) is 5.08. The van der Waals surface area contributed by atoms with Gasteiger partial charge in [0.1, 0.15) is 11.6 Å². The quantitative estimate of drug-likeness (QED) is 0.350. The molecular weight excluding hydrogens is 158 g/mol. The maximum Gasteiger partial charge on any atom is 0.332 e. The molecule has 0 rings (SSSR count). The molecule has 12 heavy (non-hydrogen) atoms. The summed E-state index contributed by atoms with van der Waals surface area (Å²) in [7, 11) is 0. The van der Waals surface area contributed by atoms with Crippen LogP contribution in [0.15, 0.2) is 11.6 Å². The number of Topliss-reactive ketones (excluding diaryl/α,β-unsaturated/α-hetero) is 1. The van der Waals surface area contributed by atoms with E-state index in [9.17, 15) is 9.59 Å². The Kier molecular flexibility index (Phi) is 4.39. The average molecular weight is 167 g/mol. The van der Waals surface area contributed by atoms with Gasteiger partial charge in [-0.2, -0.15) is 5.26 Å². The summed E-state index contributed by atoms with van der Waals surface area (Å²) >= 11 is 0. The maximum atomic E-state index is 10.7. The van der Waals surface area contributed by atoms with Gasteiger partial charge in [0.25, 0.3) is 0 Å². The van der Waals surface area contributed by atoms with E-state index >= 15 is 0 Å². The van der Waals surface area contributed by atoms with Crippen LogP contribution in [0.4, 0.5) is 0 Å². The lowest BCUT2D eigenvalue weighted by Crippen LogP contribution is -2.03. The lowest BCUT2D eigenvalue weighted by Gasteiger charge is -1.94. The van der Waals surface area contributed by atoms with E-state index in [-0.39, 0.29) is 12.2 Å². The number of hydrogen-bond acceptors (Lipinski definition) is 4. The van der Waals surface area contributed by atoms with Crippen molar-refractivity contribution in [1.29, 1.82) is 5.26 Å². The Morgan fingerprint density at radius 1 is 1.58 bits per heavy atom. The molecule has 0 fully saturated rings. The highest BCUT2D eigenvalue weighted by Gasteiger charge is 2.05. The summed E-state index contributed by atoms with van der Waals surface area (Å²) in [5.41, 5.74) is -0.187. The number of nitrogens with zero attached hydrogens (tertiary/aromatic N) is 1. The van der Waals surface area contributed by atoms with Gasteiger partial charge >= 0.3 is 5.97 Å². The summed E-state index contributed by atoms with van der Waals surface area (Å²) in [6.45, 7) is 3.09. The van der Waals surface area contributed by atoms with E-state index < -0.39 is 11.8 Å². The van der Waals surface area contributed by atoms with Crippen LogP contribution < -0.4 is 0 Å². The van der Waals surface area contributed by atoms with Gasteiger partial charge in [-0.05, 0) is 13.8 Å². The fourth-order valence-corrected chi connectivity index (χ4v) is 0.514. The first-order valence-electron chi connectivity index (χ1n) is 3.41. The molecule has 0 amide bonds. The molecule has 0 saturated carbocycles. The second-order valence-electron chi connectivity index (χ2n) is 1.98. The van der Waals surface area contributed by atoms with Gasteiger partial charge in [-0.25, -0.2) is 4.79 Å². The van der Waals surface area contributed by atoms with E-state index in [4.69, 9.17) is 5.26 Å². The predicted octanol–water partition coefficient (Wildman–Crippen LogP) is 0.588. The smallest absolute Gasteiger partial charge is 0.332 e. The molecule has 0 aliphatic carbocycles. The summed E-state index contributed by atoms with van der Waals surface area (Å²) in [5.74, 6) is -1.10. The number of rotatable bonds is 3. The third-order valence-corrected chi connectivity index (χ3v) is 1.05. The van der Waals surface area contributed by atoms with Crippen molar-refractivity contribution in [2.75, 3.05) is 6.61 Å². The largest absolute Gasteiger partial charge is 0.463 e. The van der Waals surface area contributed by atoms with Gasteiger partial charge < -0.3 is 4.74 Å². The molecule has 0 N–H and O–H groups in total. The number of nitriles is 1. The van der Waals surface area contributed by atoms with Crippen molar-refractivity contribution >= 4 is 11.8 Å². The van der Waals surface area contributed by atoms with E-state index in [1.807, 2.05) is 0 Å². The fraction of sp³-hybridized carbons (Fsp3) is 0.375. The standard InChI is InChI=1S/C8H9NO3/c1-3-12-8(11)4-7(5-9)6(2)10/h4H,3H2,1-2H3/b7-4-. The van der Waals surface area contributed by atoms with Gasteiger partial charge in [0.15, 0.2) is 5.78 Å². The molecular formula is C8H9NO3. The van der Waals surface area contributed by atoms with Gasteiger partial charge in [-0.3, -0.25) is 4.79 Å². The Bertz CT molecular complexity index is 260. The first-order chi connectivity index (χ1) is 5.61. The minimum atomic E-state index is -0.663. The molecule has 0 aliphatic heterocycles. The van der Waals surface area contributed by atoms with Crippen LogP contribution in [0.25, 0.3) is 0 Å². The number of ketones is 1. The molecule has 0 bridgehead atoms. The Morgan fingerprint density at radius 3 is 2.50 bits per heavy atom. The van der Waals surface area contributed by atoms with Crippen LogP contribution in [-0.2, 0) is 14.3 Å². The first-order valence-corrected chi connectivity index (χ1v) is 3.41. The van der Waals surface area contributed by atoms with Crippen molar-refractivity contribution in [3.05, 3.63) is 11.6 Å². The monoisotopic (exact) mass is 167 g/mol. The number of allylic oxidation sites excluding steroid dienone is 1. The van der Waals surface area contributed by atoms with E-state index in [2.05, 4.69) is 4.74 Å². The zero-order valence-corrected chi connectivity index (χ0v) is 6.96. The molecule has 0 spiro atoms. The molecule has 4 heteroatoms. The summed E-state index contributed by atoms with van der Waals surface area (Å²) < 4.78 is 4.51. The highest BCUT2D eigenvalue weighted by Crippen LogP contribution is 1.94. The third-order valence-electron chi connectivity index (χ3n) is 1.05. The van der Waals surface area contributed by atoms with E-state index in [0.717, 1.165) is 6.08 Å². The molecule has 0 aromatic rings. The molecule has 0 atom stereocenters. The van der Waals surface area contributed by atoms with Gasteiger partial charge in [0, 0.05) is 6.08 Å². The minimum absolute atomic E-state index is 0.187. The number of carbonyl (C=O) groups is 2. The number of carbonyl (C=O) groups excluding carboxylic acids is 2. The summed E-state index contributed by atoms with van der Waals surface area (Å²) in [4.78, 5) is 21.3.